The summed E-state index contributed by atoms with van der Waals surface area (Å²) < 4.78 is 0. The van der Waals surface area contributed by atoms with Crippen LogP contribution in [0.3, 0.4) is 0 Å². The lowest BCUT2D eigenvalue weighted by Gasteiger charge is -2.24. The van der Waals surface area contributed by atoms with Crippen molar-refractivity contribution in [2.45, 2.75) is 19.3 Å². The maximum Gasteiger partial charge on any atom is 0.0715 e. The van der Waals surface area contributed by atoms with E-state index < -0.39 is 0 Å². The smallest absolute Gasteiger partial charge is 0.0715 e. The second-order valence-electron chi connectivity index (χ2n) is 15.2. The minimum atomic E-state index is -0.0933. The topological polar surface area (TPSA) is 12.9 Å². The van der Waals surface area contributed by atoms with Crippen molar-refractivity contribution in [1.82, 2.24) is 4.98 Å². The van der Waals surface area contributed by atoms with E-state index in [-0.39, 0.29) is 5.41 Å². The predicted octanol–water partition coefficient (Wildman–Crippen LogP) is 14.5. The van der Waals surface area contributed by atoms with Crippen LogP contribution in [0.25, 0.3) is 88.9 Å². The Morgan fingerprint density at radius 2 is 0.782 bits per heavy atom. The van der Waals surface area contributed by atoms with Gasteiger partial charge >= 0.3 is 0 Å². The third-order valence-corrected chi connectivity index (χ3v) is 11.5. The molecule has 1 nitrogen and oxygen atoms in total. The fourth-order valence-corrected chi connectivity index (χ4v) is 8.65. The Morgan fingerprint density at radius 1 is 0.345 bits per heavy atom. The van der Waals surface area contributed by atoms with Gasteiger partial charge in [-0.05, 0) is 95.7 Å². The van der Waals surface area contributed by atoms with E-state index in [2.05, 4.69) is 214 Å². The van der Waals surface area contributed by atoms with Gasteiger partial charge in [0.05, 0.1) is 11.4 Å². The molecule has 1 heterocycles. The molecule has 0 saturated heterocycles. The molecule has 1 heteroatoms. The largest absolute Gasteiger partial charge is 0.248 e. The average molecular weight is 702 g/mol. The van der Waals surface area contributed by atoms with Crippen LogP contribution in [0.1, 0.15) is 25.0 Å². The number of pyridine rings is 1. The fraction of sp³-hybridized carbons (Fsp3) is 0.0556. The van der Waals surface area contributed by atoms with Gasteiger partial charge < -0.3 is 0 Å². The minimum absolute atomic E-state index is 0.0933. The number of aromatic nitrogens is 1. The van der Waals surface area contributed by atoms with Crippen LogP contribution in [0.2, 0.25) is 0 Å². The Morgan fingerprint density at radius 3 is 1.36 bits per heavy atom. The number of hydrogen-bond acceptors (Lipinski definition) is 1. The van der Waals surface area contributed by atoms with Crippen molar-refractivity contribution in [2.24, 2.45) is 0 Å². The molecule has 1 aliphatic carbocycles. The molecule has 10 rings (SSSR count). The van der Waals surface area contributed by atoms with Gasteiger partial charge in [-0.2, -0.15) is 0 Å². The van der Waals surface area contributed by atoms with Crippen LogP contribution in [-0.4, -0.2) is 4.98 Å². The van der Waals surface area contributed by atoms with Crippen molar-refractivity contribution in [3.8, 4) is 78.1 Å². The van der Waals surface area contributed by atoms with Crippen LogP contribution < -0.4 is 0 Å². The minimum Gasteiger partial charge on any atom is -0.248 e. The first-order chi connectivity index (χ1) is 27.0. The third-order valence-electron chi connectivity index (χ3n) is 11.5. The lowest BCUT2D eigenvalue weighted by Crippen LogP contribution is -2.15. The average Bonchev–Trinajstić information content (AvgIpc) is 3.50. The SMILES string of the molecule is CC1(C)c2ccccc2-c2c(-c3ccc(-c4cc(-c5ccc(-c6ccccc6)cc5)nc(-c5ccc(-c6ccccc6)cc5)c4)cc3)cc3ccccc3c21. The molecule has 0 unspecified atom stereocenters. The van der Waals surface area contributed by atoms with E-state index in [1.54, 1.807) is 0 Å². The van der Waals surface area contributed by atoms with Crippen molar-refractivity contribution in [1.29, 1.82) is 0 Å². The molecular weight excluding hydrogens is 663 g/mol. The van der Waals surface area contributed by atoms with Gasteiger partial charge in [0.2, 0.25) is 0 Å². The van der Waals surface area contributed by atoms with Gasteiger partial charge in [0.15, 0.2) is 0 Å². The highest BCUT2D eigenvalue weighted by Gasteiger charge is 2.38. The summed E-state index contributed by atoms with van der Waals surface area (Å²) in [5.41, 5.74) is 19.1. The monoisotopic (exact) mass is 701 g/mol. The Hall–Kier alpha value is -6.83. The summed E-state index contributed by atoms with van der Waals surface area (Å²) in [6.45, 7) is 4.75. The molecule has 8 aromatic carbocycles. The molecule has 0 N–H and O–H groups in total. The molecule has 1 aliphatic rings. The van der Waals surface area contributed by atoms with Crippen molar-refractivity contribution in [2.75, 3.05) is 0 Å². The van der Waals surface area contributed by atoms with E-state index in [1.165, 1.54) is 66.4 Å². The third kappa shape index (κ3) is 5.77. The standard InChI is InChI=1S/C54H39N/c1-54(2)49-20-12-11-19-47(49)52-48(33-44-17-9-10-18-46(44)53(52)54)41-27-21-40(22-28-41)45-34-50(42-29-23-38(24-30-42)36-13-5-3-6-14-36)55-51(35-45)43-31-25-39(26-32-43)37-15-7-4-8-16-37/h3-35H,1-2H3. The summed E-state index contributed by atoms with van der Waals surface area (Å²) in [6.07, 6.45) is 0. The zero-order chi connectivity index (χ0) is 36.9. The summed E-state index contributed by atoms with van der Waals surface area (Å²) in [4.78, 5) is 5.27. The summed E-state index contributed by atoms with van der Waals surface area (Å²) in [5.74, 6) is 0. The van der Waals surface area contributed by atoms with Gasteiger partial charge in [0.1, 0.15) is 0 Å². The zero-order valence-electron chi connectivity index (χ0n) is 31.0. The fourth-order valence-electron chi connectivity index (χ4n) is 8.65. The summed E-state index contributed by atoms with van der Waals surface area (Å²) >= 11 is 0. The molecule has 0 radical (unpaired) electrons. The van der Waals surface area contributed by atoms with Crippen LogP contribution in [0.15, 0.2) is 200 Å². The molecule has 260 valence electrons. The first-order valence-corrected chi connectivity index (χ1v) is 19.1. The molecule has 0 saturated carbocycles. The van der Waals surface area contributed by atoms with Crippen LogP contribution in [0.5, 0.6) is 0 Å². The highest BCUT2D eigenvalue weighted by atomic mass is 14.7. The molecule has 1 aromatic heterocycles. The Kier molecular flexibility index (Phi) is 7.89. The van der Waals surface area contributed by atoms with Gasteiger partial charge in [-0.1, -0.05) is 196 Å². The second-order valence-corrected chi connectivity index (χ2v) is 15.2. The van der Waals surface area contributed by atoms with E-state index in [0.29, 0.717) is 0 Å². The molecule has 0 bridgehead atoms. The molecule has 0 fully saturated rings. The second kappa shape index (κ2) is 13.2. The molecule has 0 aliphatic heterocycles. The number of benzene rings is 8. The van der Waals surface area contributed by atoms with Crippen LogP contribution in [0, 0.1) is 0 Å². The summed E-state index contributed by atoms with van der Waals surface area (Å²) in [5, 5.41) is 2.62. The molecule has 9 aromatic rings. The van der Waals surface area contributed by atoms with Gasteiger partial charge in [0.25, 0.3) is 0 Å². The van der Waals surface area contributed by atoms with Gasteiger partial charge in [-0.25, -0.2) is 4.98 Å². The summed E-state index contributed by atoms with van der Waals surface area (Å²) in [7, 11) is 0. The van der Waals surface area contributed by atoms with Crippen molar-refractivity contribution >= 4 is 10.8 Å². The molecule has 0 spiro atoms. The number of hydrogen-bond donors (Lipinski definition) is 0. The van der Waals surface area contributed by atoms with Crippen LogP contribution >= 0.6 is 0 Å². The lowest BCUT2D eigenvalue weighted by molar-refractivity contribution is 0.666. The maximum absolute atomic E-state index is 5.27. The first kappa shape index (κ1) is 32.8. The summed E-state index contributed by atoms with van der Waals surface area (Å²) in [6, 6.07) is 72.5. The lowest BCUT2D eigenvalue weighted by atomic mass is 9.79. The highest BCUT2D eigenvalue weighted by molar-refractivity contribution is 6.04. The molecule has 0 amide bonds. The number of fused-ring (bicyclic) bond motifs is 5. The van der Waals surface area contributed by atoms with Crippen LogP contribution in [-0.2, 0) is 5.41 Å². The molecular formula is C54H39N. The van der Waals surface area contributed by atoms with E-state index in [1.807, 2.05) is 0 Å². The van der Waals surface area contributed by atoms with E-state index >= 15 is 0 Å². The van der Waals surface area contributed by atoms with Crippen LogP contribution in [0.4, 0.5) is 0 Å². The molecule has 0 atom stereocenters. The Balaban J connectivity index is 1.08. The zero-order valence-corrected chi connectivity index (χ0v) is 31.0. The number of rotatable bonds is 6. The van der Waals surface area contributed by atoms with Crippen molar-refractivity contribution in [3.05, 3.63) is 211 Å². The van der Waals surface area contributed by atoms with Gasteiger partial charge in [-0.15, -0.1) is 0 Å². The molecule has 55 heavy (non-hydrogen) atoms. The Bertz CT molecular complexity index is 2730. The Labute approximate surface area is 323 Å². The van der Waals surface area contributed by atoms with Gasteiger partial charge in [-0.3, -0.25) is 0 Å². The maximum atomic E-state index is 5.27. The number of nitrogens with zero attached hydrogens (tertiary/aromatic N) is 1. The van der Waals surface area contributed by atoms with E-state index in [0.717, 1.165) is 33.6 Å². The van der Waals surface area contributed by atoms with Crippen molar-refractivity contribution < 1.29 is 0 Å². The van der Waals surface area contributed by atoms with Crippen molar-refractivity contribution in [3.63, 3.8) is 0 Å². The predicted molar refractivity (Wildman–Crippen MR) is 232 cm³/mol. The quantitative estimate of drug-likeness (QED) is 0.168. The van der Waals surface area contributed by atoms with E-state index in [9.17, 15) is 0 Å². The van der Waals surface area contributed by atoms with Gasteiger partial charge in [0, 0.05) is 16.5 Å². The van der Waals surface area contributed by atoms with E-state index in [4.69, 9.17) is 4.98 Å². The normalized spacial score (nSPS) is 12.7. The first-order valence-electron chi connectivity index (χ1n) is 19.1. The highest BCUT2D eigenvalue weighted by Crippen LogP contribution is 2.54.